The topological polar surface area (TPSA) is 71.2 Å². The molecule has 0 aliphatic carbocycles. The van der Waals surface area contributed by atoms with Gasteiger partial charge in [0.15, 0.2) is 0 Å². The minimum atomic E-state index is -0.126. The summed E-state index contributed by atoms with van der Waals surface area (Å²) in [5.41, 5.74) is 2.32. The number of benzene rings is 2. The maximum Gasteiger partial charge on any atom is 0.123 e. The lowest BCUT2D eigenvalue weighted by Gasteiger charge is -2.10. The van der Waals surface area contributed by atoms with Gasteiger partial charge in [-0.25, -0.2) is 4.68 Å². The zero-order valence-electron chi connectivity index (χ0n) is 11.1. The van der Waals surface area contributed by atoms with Gasteiger partial charge in [-0.15, -0.1) is 5.10 Å². The molecule has 2 N–H and O–H groups in total. The fourth-order valence-corrected chi connectivity index (χ4v) is 2.46. The van der Waals surface area contributed by atoms with E-state index in [1.165, 1.54) is 0 Å². The largest absolute Gasteiger partial charge is 0.507 e. The molecule has 0 spiro atoms. The summed E-state index contributed by atoms with van der Waals surface area (Å²) in [6, 6.07) is 11.1. The van der Waals surface area contributed by atoms with Gasteiger partial charge in [-0.1, -0.05) is 36.4 Å². The zero-order chi connectivity index (χ0) is 14.1. The molecular weight excluding hydrogens is 254 g/mol. The predicted molar refractivity (Wildman–Crippen MR) is 75.8 cm³/mol. The van der Waals surface area contributed by atoms with Gasteiger partial charge in [-0.2, -0.15) is 0 Å². The fraction of sp³-hybridized carbons (Fsp3) is 0.200. The number of aliphatic hydroxyl groups is 1. The number of rotatable bonds is 3. The smallest absolute Gasteiger partial charge is 0.123 e. The van der Waals surface area contributed by atoms with Crippen molar-refractivity contribution in [1.82, 2.24) is 15.0 Å². The van der Waals surface area contributed by atoms with E-state index in [1.54, 1.807) is 16.8 Å². The highest BCUT2D eigenvalue weighted by atomic mass is 16.3. The summed E-state index contributed by atoms with van der Waals surface area (Å²) in [4.78, 5) is 0. The van der Waals surface area contributed by atoms with Crippen molar-refractivity contribution in [3.8, 4) is 11.4 Å². The number of fused-ring (bicyclic) bond motifs is 1. The number of aromatic hydroxyl groups is 1. The second kappa shape index (κ2) is 4.94. The van der Waals surface area contributed by atoms with E-state index < -0.39 is 0 Å². The Labute approximate surface area is 116 Å². The molecule has 102 valence electrons. The van der Waals surface area contributed by atoms with Crippen molar-refractivity contribution in [1.29, 1.82) is 0 Å². The van der Waals surface area contributed by atoms with Gasteiger partial charge in [0.05, 0.1) is 18.0 Å². The van der Waals surface area contributed by atoms with Crippen molar-refractivity contribution in [3.05, 3.63) is 47.8 Å². The van der Waals surface area contributed by atoms with Crippen LogP contribution in [0.3, 0.4) is 0 Å². The Kier molecular flexibility index (Phi) is 3.12. The molecule has 1 aromatic heterocycles. The van der Waals surface area contributed by atoms with E-state index in [2.05, 4.69) is 10.3 Å². The Balaban J connectivity index is 2.30. The molecule has 3 rings (SSSR count). The summed E-state index contributed by atoms with van der Waals surface area (Å²) >= 11 is 0. The molecule has 0 fully saturated rings. The average Bonchev–Trinajstić information content (AvgIpc) is 2.90. The van der Waals surface area contributed by atoms with Gasteiger partial charge >= 0.3 is 0 Å². The zero-order valence-corrected chi connectivity index (χ0v) is 11.1. The van der Waals surface area contributed by atoms with E-state index in [9.17, 15) is 10.2 Å². The van der Waals surface area contributed by atoms with Crippen LogP contribution in [0.25, 0.3) is 16.5 Å². The predicted octanol–water partition coefficient (Wildman–Crippen LogP) is 2.18. The van der Waals surface area contributed by atoms with Crippen LogP contribution < -0.4 is 0 Å². The van der Waals surface area contributed by atoms with Gasteiger partial charge in [0.2, 0.25) is 0 Å². The maximum atomic E-state index is 9.94. The molecule has 3 aromatic rings. The minimum absolute atomic E-state index is 0.126. The summed E-state index contributed by atoms with van der Waals surface area (Å²) in [5, 5.41) is 29.1. The van der Waals surface area contributed by atoms with Crippen LogP contribution in [0.5, 0.6) is 5.75 Å². The first-order valence-corrected chi connectivity index (χ1v) is 6.51. The van der Waals surface area contributed by atoms with Crippen LogP contribution in [0.1, 0.15) is 18.3 Å². The Hall–Kier alpha value is -2.40. The standard InChI is InChI=1S/C15H15N3O2/c1-2-13-12(9-19)16-17-18(13)14-7-3-6-11-10(14)5-4-8-15(11)20/h3-8,19-20H,2,9H2,1H3. The highest BCUT2D eigenvalue weighted by Gasteiger charge is 2.14. The van der Waals surface area contributed by atoms with E-state index in [-0.39, 0.29) is 12.4 Å². The Morgan fingerprint density at radius 3 is 2.60 bits per heavy atom. The molecule has 0 saturated carbocycles. The summed E-state index contributed by atoms with van der Waals surface area (Å²) in [6.07, 6.45) is 0.720. The Morgan fingerprint density at radius 1 is 1.10 bits per heavy atom. The summed E-state index contributed by atoms with van der Waals surface area (Å²) in [5.74, 6) is 0.241. The molecule has 20 heavy (non-hydrogen) atoms. The monoisotopic (exact) mass is 269 g/mol. The number of aromatic nitrogens is 3. The molecule has 0 aliphatic heterocycles. The van der Waals surface area contributed by atoms with Gasteiger partial charge < -0.3 is 10.2 Å². The highest BCUT2D eigenvalue weighted by molar-refractivity contribution is 5.94. The van der Waals surface area contributed by atoms with E-state index in [0.29, 0.717) is 5.69 Å². The van der Waals surface area contributed by atoms with Crippen LogP contribution >= 0.6 is 0 Å². The second-order valence-corrected chi connectivity index (χ2v) is 4.56. The lowest BCUT2D eigenvalue weighted by molar-refractivity contribution is 0.275. The molecule has 0 atom stereocenters. The van der Waals surface area contributed by atoms with Crippen molar-refractivity contribution < 1.29 is 10.2 Å². The van der Waals surface area contributed by atoms with Crippen LogP contribution in [-0.2, 0) is 13.0 Å². The van der Waals surface area contributed by atoms with Gasteiger partial charge in [-0.3, -0.25) is 0 Å². The Morgan fingerprint density at radius 2 is 1.85 bits per heavy atom. The molecule has 0 radical (unpaired) electrons. The minimum Gasteiger partial charge on any atom is -0.507 e. The lowest BCUT2D eigenvalue weighted by Crippen LogP contribution is -2.03. The van der Waals surface area contributed by atoms with E-state index in [1.807, 2.05) is 31.2 Å². The second-order valence-electron chi connectivity index (χ2n) is 4.56. The number of phenols is 1. The van der Waals surface area contributed by atoms with Gasteiger partial charge in [0, 0.05) is 10.8 Å². The quantitative estimate of drug-likeness (QED) is 0.764. The van der Waals surface area contributed by atoms with Crippen molar-refractivity contribution >= 4 is 10.8 Å². The van der Waals surface area contributed by atoms with Gasteiger partial charge in [0.25, 0.3) is 0 Å². The maximum absolute atomic E-state index is 9.94. The molecule has 5 nitrogen and oxygen atoms in total. The van der Waals surface area contributed by atoms with Gasteiger partial charge in [-0.05, 0) is 18.6 Å². The fourth-order valence-electron chi connectivity index (χ4n) is 2.46. The van der Waals surface area contributed by atoms with Crippen LogP contribution in [0.15, 0.2) is 36.4 Å². The van der Waals surface area contributed by atoms with Crippen LogP contribution in [-0.4, -0.2) is 25.2 Å². The van der Waals surface area contributed by atoms with E-state index >= 15 is 0 Å². The normalized spacial score (nSPS) is 11.1. The number of hydrogen-bond donors (Lipinski definition) is 2. The average molecular weight is 269 g/mol. The van der Waals surface area contributed by atoms with E-state index in [0.717, 1.165) is 28.6 Å². The Bertz CT molecular complexity index is 765. The molecule has 0 amide bonds. The molecule has 5 heteroatoms. The third-order valence-corrected chi connectivity index (χ3v) is 3.43. The summed E-state index contributed by atoms with van der Waals surface area (Å²) < 4.78 is 1.73. The van der Waals surface area contributed by atoms with Crippen LogP contribution in [0.2, 0.25) is 0 Å². The molecule has 0 aliphatic rings. The first-order valence-electron chi connectivity index (χ1n) is 6.51. The number of phenolic OH excluding ortho intramolecular Hbond substituents is 1. The lowest BCUT2D eigenvalue weighted by atomic mass is 10.1. The SMILES string of the molecule is CCc1c(CO)nnn1-c1cccc2c(O)cccc12. The van der Waals surface area contributed by atoms with E-state index in [4.69, 9.17) is 0 Å². The van der Waals surface area contributed by atoms with Crippen molar-refractivity contribution in [2.24, 2.45) is 0 Å². The van der Waals surface area contributed by atoms with Crippen molar-refractivity contribution in [2.45, 2.75) is 20.0 Å². The summed E-state index contributed by atoms with van der Waals surface area (Å²) in [6.45, 7) is 1.87. The first kappa shape index (κ1) is 12.6. The molecular formula is C15H15N3O2. The van der Waals surface area contributed by atoms with Crippen molar-refractivity contribution in [3.63, 3.8) is 0 Å². The molecule has 0 saturated heterocycles. The summed E-state index contributed by atoms with van der Waals surface area (Å²) in [7, 11) is 0. The van der Waals surface area contributed by atoms with Crippen molar-refractivity contribution in [2.75, 3.05) is 0 Å². The molecule has 1 heterocycles. The molecule has 0 bridgehead atoms. The molecule has 0 unspecified atom stereocenters. The number of aliphatic hydroxyl groups excluding tert-OH is 1. The van der Waals surface area contributed by atoms with Crippen LogP contribution in [0.4, 0.5) is 0 Å². The highest BCUT2D eigenvalue weighted by Crippen LogP contribution is 2.29. The number of nitrogens with zero attached hydrogens (tertiary/aromatic N) is 3. The third-order valence-electron chi connectivity index (χ3n) is 3.43. The molecule has 2 aromatic carbocycles. The third kappa shape index (κ3) is 1.83. The van der Waals surface area contributed by atoms with Crippen LogP contribution in [0, 0.1) is 0 Å². The first-order chi connectivity index (χ1) is 9.76. The number of hydrogen-bond acceptors (Lipinski definition) is 4. The van der Waals surface area contributed by atoms with Gasteiger partial charge in [0.1, 0.15) is 11.4 Å².